The Labute approximate surface area is 104 Å². The summed E-state index contributed by atoms with van der Waals surface area (Å²) in [4.78, 5) is 18.8. The van der Waals surface area contributed by atoms with E-state index < -0.39 is 10.8 Å². The van der Waals surface area contributed by atoms with Gasteiger partial charge in [-0.15, -0.1) is 11.6 Å². The molecule has 0 amide bonds. The van der Waals surface area contributed by atoms with Crippen LogP contribution in [0.15, 0.2) is 30.6 Å². The summed E-state index contributed by atoms with van der Waals surface area (Å²) in [7, 11) is 1.31. The molecule has 1 heterocycles. The lowest BCUT2D eigenvalue weighted by molar-refractivity contribution is -0.143. The molecule has 0 aliphatic heterocycles. The van der Waals surface area contributed by atoms with Crippen LogP contribution in [0.5, 0.6) is 0 Å². The number of aromatic nitrogens is 2. The highest BCUT2D eigenvalue weighted by Gasteiger charge is 2.35. The summed E-state index contributed by atoms with van der Waals surface area (Å²) in [5.74, 6) is -0.516. The average molecular weight is 251 g/mol. The number of esters is 1. The van der Waals surface area contributed by atoms with Gasteiger partial charge in [0.25, 0.3) is 0 Å². The van der Waals surface area contributed by atoms with Crippen molar-refractivity contribution in [3.63, 3.8) is 0 Å². The van der Waals surface area contributed by atoms with E-state index in [4.69, 9.17) is 16.3 Å². The lowest BCUT2D eigenvalue weighted by Gasteiger charge is -2.20. The summed E-state index contributed by atoms with van der Waals surface area (Å²) in [6.45, 7) is 1.59. The molecule has 0 fully saturated rings. The van der Waals surface area contributed by atoms with Gasteiger partial charge in [-0.25, -0.2) is 4.79 Å². The SMILES string of the molecule is COC(=O)C(C)(Cl)c1cccc2nccnc12. The number of ether oxygens (including phenoxy) is 1. The number of nitrogens with zero attached hydrogens (tertiary/aromatic N) is 2. The van der Waals surface area contributed by atoms with Crippen LogP contribution in [-0.2, 0) is 14.4 Å². The zero-order valence-electron chi connectivity index (χ0n) is 9.48. The van der Waals surface area contributed by atoms with Crippen LogP contribution < -0.4 is 0 Å². The minimum atomic E-state index is -1.26. The maximum absolute atomic E-state index is 11.7. The van der Waals surface area contributed by atoms with E-state index in [9.17, 15) is 4.79 Å². The molecule has 2 rings (SSSR count). The maximum atomic E-state index is 11.7. The van der Waals surface area contributed by atoms with E-state index in [0.717, 1.165) is 0 Å². The molecular formula is C12H11ClN2O2. The molecule has 0 aliphatic rings. The summed E-state index contributed by atoms with van der Waals surface area (Å²) in [5, 5.41) is 0. The number of alkyl halides is 1. The van der Waals surface area contributed by atoms with Crippen LogP contribution in [0.1, 0.15) is 12.5 Å². The Morgan fingerprint density at radius 3 is 2.76 bits per heavy atom. The van der Waals surface area contributed by atoms with Crippen molar-refractivity contribution in [2.45, 2.75) is 11.8 Å². The van der Waals surface area contributed by atoms with Crippen LogP contribution >= 0.6 is 11.6 Å². The third-order valence-electron chi connectivity index (χ3n) is 2.57. The van der Waals surface area contributed by atoms with Crippen molar-refractivity contribution in [2.24, 2.45) is 0 Å². The number of hydrogen-bond donors (Lipinski definition) is 0. The zero-order valence-corrected chi connectivity index (χ0v) is 10.2. The monoisotopic (exact) mass is 250 g/mol. The number of methoxy groups -OCH3 is 1. The Bertz CT molecular complexity index is 564. The Morgan fingerprint density at radius 1 is 1.35 bits per heavy atom. The van der Waals surface area contributed by atoms with Crippen LogP contribution in [0.2, 0.25) is 0 Å². The first-order chi connectivity index (χ1) is 8.07. The highest BCUT2D eigenvalue weighted by molar-refractivity contribution is 6.34. The highest BCUT2D eigenvalue weighted by atomic mass is 35.5. The van der Waals surface area contributed by atoms with E-state index in [2.05, 4.69) is 9.97 Å². The van der Waals surface area contributed by atoms with Crippen LogP contribution in [0, 0.1) is 0 Å². The topological polar surface area (TPSA) is 52.1 Å². The Balaban J connectivity index is 2.67. The third-order valence-corrected chi connectivity index (χ3v) is 2.93. The third kappa shape index (κ3) is 1.96. The molecule has 1 aromatic carbocycles. The number of carbonyl (C=O) groups is 1. The van der Waals surface area contributed by atoms with Crippen LogP contribution in [0.3, 0.4) is 0 Å². The summed E-state index contributed by atoms with van der Waals surface area (Å²) in [6, 6.07) is 5.35. The fourth-order valence-electron chi connectivity index (χ4n) is 1.67. The first-order valence-corrected chi connectivity index (χ1v) is 5.42. The molecule has 5 heteroatoms. The molecule has 0 N–H and O–H groups in total. The van der Waals surface area contributed by atoms with Crippen molar-refractivity contribution in [1.82, 2.24) is 9.97 Å². The Hall–Kier alpha value is -1.68. The molecule has 88 valence electrons. The van der Waals surface area contributed by atoms with E-state index in [-0.39, 0.29) is 0 Å². The van der Waals surface area contributed by atoms with Crippen molar-refractivity contribution >= 4 is 28.6 Å². The van der Waals surface area contributed by atoms with Crippen LogP contribution in [0.4, 0.5) is 0 Å². The Morgan fingerprint density at radius 2 is 2.06 bits per heavy atom. The van der Waals surface area contributed by atoms with Gasteiger partial charge < -0.3 is 4.74 Å². The standard InChI is InChI=1S/C12H11ClN2O2/c1-12(13,11(16)17-2)8-4-3-5-9-10(8)15-7-6-14-9/h3-7H,1-2H3. The summed E-state index contributed by atoms with van der Waals surface area (Å²) in [5.41, 5.74) is 1.90. The molecule has 1 atom stereocenters. The van der Waals surface area contributed by atoms with Gasteiger partial charge >= 0.3 is 5.97 Å². The average Bonchev–Trinajstić information content (AvgIpc) is 2.37. The molecule has 2 aromatic rings. The van der Waals surface area contributed by atoms with Crippen molar-refractivity contribution in [1.29, 1.82) is 0 Å². The number of hydrogen-bond acceptors (Lipinski definition) is 4. The predicted octanol–water partition coefficient (Wildman–Crippen LogP) is 2.26. The van der Waals surface area contributed by atoms with E-state index in [1.54, 1.807) is 31.5 Å². The molecule has 0 saturated carbocycles. The first-order valence-electron chi connectivity index (χ1n) is 5.05. The van der Waals surface area contributed by atoms with E-state index in [1.807, 2.05) is 6.07 Å². The van der Waals surface area contributed by atoms with E-state index in [0.29, 0.717) is 16.6 Å². The quantitative estimate of drug-likeness (QED) is 0.606. The molecular weight excluding hydrogens is 240 g/mol. The number of halogens is 1. The molecule has 0 aliphatic carbocycles. The van der Waals surface area contributed by atoms with Gasteiger partial charge in [-0.2, -0.15) is 0 Å². The molecule has 0 spiro atoms. The molecule has 0 radical (unpaired) electrons. The van der Waals surface area contributed by atoms with Gasteiger partial charge in [0.2, 0.25) is 0 Å². The zero-order chi connectivity index (χ0) is 12.5. The number of benzene rings is 1. The molecule has 0 saturated heterocycles. The Kier molecular flexibility index (Phi) is 2.98. The number of carbonyl (C=O) groups excluding carboxylic acids is 1. The summed E-state index contributed by atoms with van der Waals surface area (Å²) < 4.78 is 4.70. The number of fused-ring (bicyclic) bond motifs is 1. The normalized spacial score (nSPS) is 14.3. The summed E-state index contributed by atoms with van der Waals surface area (Å²) in [6.07, 6.45) is 3.16. The van der Waals surface area contributed by atoms with Crippen molar-refractivity contribution < 1.29 is 9.53 Å². The number of para-hydroxylation sites is 1. The minimum absolute atomic E-state index is 0.516. The van der Waals surface area contributed by atoms with Crippen LogP contribution in [0.25, 0.3) is 11.0 Å². The fraction of sp³-hybridized carbons (Fsp3) is 0.250. The van der Waals surface area contributed by atoms with Gasteiger partial charge in [0.05, 0.1) is 18.1 Å². The second-order valence-electron chi connectivity index (χ2n) is 3.72. The van der Waals surface area contributed by atoms with E-state index >= 15 is 0 Å². The predicted molar refractivity (Wildman–Crippen MR) is 64.8 cm³/mol. The van der Waals surface area contributed by atoms with Gasteiger partial charge in [-0.1, -0.05) is 12.1 Å². The molecule has 1 unspecified atom stereocenters. The molecule has 0 bridgehead atoms. The minimum Gasteiger partial charge on any atom is -0.467 e. The maximum Gasteiger partial charge on any atom is 0.331 e. The fourth-order valence-corrected chi connectivity index (χ4v) is 1.90. The van der Waals surface area contributed by atoms with Crippen molar-refractivity contribution in [3.8, 4) is 0 Å². The van der Waals surface area contributed by atoms with Gasteiger partial charge in [-0.3, -0.25) is 9.97 Å². The molecule has 4 nitrogen and oxygen atoms in total. The first kappa shape index (κ1) is 11.8. The van der Waals surface area contributed by atoms with Gasteiger partial charge in [0.15, 0.2) is 4.87 Å². The lowest BCUT2D eigenvalue weighted by Crippen LogP contribution is -2.28. The largest absolute Gasteiger partial charge is 0.467 e. The van der Waals surface area contributed by atoms with Gasteiger partial charge in [-0.05, 0) is 13.0 Å². The van der Waals surface area contributed by atoms with E-state index in [1.165, 1.54) is 7.11 Å². The van der Waals surface area contributed by atoms with Crippen LogP contribution in [-0.4, -0.2) is 23.0 Å². The summed E-state index contributed by atoms with van der Waals surface area (Å²) >= 11 is 6.25. The highest BCUT2D eigenvalue weighted by Crippen LogP contribution is 2.33. The second-order valence-corrected chi connectivity index (χ2v) is 4.48. The van der Waals surface area contributed by atoms with Crippen molar-refractivity contribution in [2.75, 3.05) is 7.11 Å². The lowest BCUT2D eigenvalue weighted by atomic mass is 9.98. The van der Waals surface area contributed by atoms with Gasteiger partial charge in [0.1, 0.15) is 0 Å². The number of rotatable bonds is 2. The molecule has 17 heavy (non-hydrogen) atoms. The smallest absolute Gasteiger partial charge is 0.331 e. The second kappa shape index (κ2) is 4.30. The van der Waals surface area contributed by atoms with Crippen molar-refractivity contribution in [3.05, 3.63) is 36.2 Å². The molecule has 1 aromatic heterocycles. The van der Waals surface area contributed by atoms with Gasteiger partial charge in [0, 0.05) is 18.0 Å².